The number of nitrogens with zero attached hydrogens (tertiary/aromatic N) is 2. The summed E-state index contributed by atoms with van der Waals surface area (Å²) in [7, 11) is -3.43. The number of hydrogen-bond donors (Lipinski definition) is 1. The van der Waals surface area contributed by atoms with Crippen LogP contribution in [0.1, 0.15) is 11.8 Å². The Labute approximate surface area is 131 Å². The zero-order valence-electron chi connectivity index (χ0n) is 11.4. The van der Waals surface area contributed by atoms with Crippen LogP contribution in [0.5, 0.6) is 0 Å². The second kappa shape index (κ2) is 6.17. The summed E-state index contributed by atoms with van der Waals surface area (Å²) in [5.74, 6) is -0.136. The first kappa shape index (κ1) is 16.0. The molecule has 0 spiro atoms. The van der Waals surface area contributed by atoms with Gasteiger partial charge in [-0.1, -0.05) is 11.6 Å². The number of rotatable bonds is 5. The number of halogens is 1. The highest BCUT2D eigenvalue weighted by Crippen LogP contribution is 2.23. The molecule has 0 fully saturated rings. The summed E-state index contributed by atoms with van der Waals surface area (Å²) in [5, 5.41) is 5.58. The molecule has 1 N–H and O–H groups in total. The second-order valence-corrected chi connectivity index (χ2v) is 8.71. The van der Waals surface area contributed by atoms with E-state index in [4.69, 9.17) is 11.6 Å². The lowest BCUT2D eigenvalue weighted by atomic mass is 10.4. The Kier molecular flexibility index (Phi) is 4.70. The molecule has 0 aliphatic rings. The maximum absolute atomic E-state index is 11.9. The maximum atomic E-state index is 11.9. The molecular formula is C12H14ClN3O3S2. The number of aromatic nitrogens is 2. The number of nitrogens with one attached hydrogen (secondary N) is 1. The Hall–Kier alpha value is -1.38. The molecule has 0 radical (unpaired) electrons. The summed E-state index contributed by atoms with van der Waals surface area (Å²) in [6.07, 6.45) is 2.57. The van der Waals surface area contributed by atoms with E-state index in [-0.39, 0.29) is 0 Å². The van der Waals surface area contributed by atoms with Crippen LogP contribution in [0.4, 0.5) is 5.82 Å². The quantitative estimate of drug-likeness (QED) is 0.897. The predicted molar refractivity (Wildman–Crippen MR) is 83.6 cm³/mol. The first-order valence-corrected chi connectivity index (χ1v) is 9.18. The van der Waals surface area contributed by atoms with Crippen LogP contribution in [0.25, 0.3) is 0 Å². The molecular weight excluding hydrogens is 334 g/mol. The van der Waals surface area contributed by atoms with Crippen molar-refractivity contribution in [2.75, 3.05) is 11.6 Å². The number of amides is 1. The molecule has 0 aliphatic heterocycles. The lowest BCUT2D eigenvalue weighted by molar-refractivity contribution is -0.115. The minimum absolute atomic E-state index is 0.444. The lowest BCUT2D eigenvalue weighted by Gasteiger charge is -2.11. The summed E-state index contributed by atoms with van der Waals surface area (Å²) in [5.41, 5.74) is 0. The fraction of sp³-hybridized carbons (Fsp3) is 0.333. The molecule has 114 valence electrons. The minimum Gasteiger partial charge on any atom is -0.310 e. The molecule has 1 atom stereocenters. The van der Waals surface area contributed by atoms with Gasteiger partial charge in [0.1, 0.15) is 11.1 Å². The van der Waals surface area contributed by atoms with E-state index in [9.17, 15) is 13.2 Å². The molecule has 6 nitrogen and oxygen atoms in total. The van der Waals surface area contributed by atoms with Gasteiger partial charge in [-0.3, -0.25) is 4.79 Å². The largest absolute Gasteiger partial charge is 0.310 e. The summed E-state index contributed by atoms with van der Waals surface area (Å²) >= 11 is 7.29. The molecule has 0 saturated carbocycles. The van der Waals surface area contributed by atoms with Gasteiger partial charge < -0.3 is 5.32 Å². The van der Waals surface area contributed by atoms with E-state index in [1.807, 2.05) is 6.07 Å². The number of carbonyl (C=O) groups excluding carboxylic acids is 1. The van der Waals surface area contributed by atoms with Crippen LogP contribution < -0.4 is 5.32 Å². The highest BCUT2D eigenvalue weighted by Gasteiger charge is 2.24. The van der Waals surface area contributed by atoms with Gasteiger partial charge in [0, 0.05) is 17.2 Å². The standard InChI is InChI=1S/C12H14ClN3O3S2/c1-8(21(2,18)19)12(17)15-11-5-6-14-16(11)7-9-3-4-10(13)20-9/h3-6,8H,7H2,1-2H3,(H,15,17). The van der Waals surface area contributed by atoms with Gasteiger partial charge in [0.25, 0.3) is 0 Å². The first-order chi connectivity index (χ1) is 9.77. The topological polar surface area (TPSA) is 81.1 Å². The van der Waals surface area contributed by atoms with Gasteiger partial charge >= 0.3 is 0 Å². The number of sulfone groups is 1. The Bertz CT molecular complexity index is 751. The normalized spacial score (nSPS) is 13.1. The van der Waals surface area contributed by atoms with E-state index >= 15 is 0 Å². The van der Waals surface area contributed by atoms with Crippen molar-refractivity contribution in [2.24, 2.45) is 0 Å². The zero-order valence-corrected chi connectivity index (χ0v) is 13.8. The SMILES string of the molecule is CC(C(=O)Nc1ccnn1Cc1ccc(Cl)s1)S(C)(=O)=O. The highest BCUT2D eigenvalue weighted by atomic mass is 35.5. The summed E-state index contributed by atoms with van der Waals surface area (Å²) < 4.78 is 25.0. The molecule has 0 saturated heterocycles. The van der Waals surface area contributed by atoms with Crippen LogP contribution in [0.3, 0.4) is 0 Å². The van der Waals surface area contributed by atoms with Crippen LogP contribution in [0.2, 0.25) is 4.34 Å². The van der Waals surface area contributed by atoms with Crippen LogP contribution in [-0.2, 0) is 21.2 Å². The molecule has 2 aromatic heterocycles. The number of hydrogen-bond acceptors (Lipinski definition) is 5. The molecule has 1 unspecified atom stereocenters. The van der Waals surface area contributed by atoms with Gasteiger partial charge in [-0.15, -0.1) is 11.3 Å². The highest BCUT2D eigenvalue weighted by molar-refractivity contribution is 7.92. The van der Waals surface area contributed by atoms with E-state index in [0.29, 0.717) is 16.7 Å². The Morgan fingerprint density at radius 1 is 1.48 bits per heavy atom. The molecule has 2 heterocycles. The summed E-state index contributed by atoms with van der Waals surface area (Å²) in [6.45, 7) is 1.80. The lowest BCUT2D eigenvalue weighted by Crippen LogP contribution is -2.32. The van der Waals surface area contributed by atoms with Crippen molar-refractivity contribution in [2.45, 2.75) is 18.7 Å². The summed E-state index contributed by atoms with van der Waals surface area (Å²) in [6, 6.07) is 5.27. The number of carbonyl (C=O) groups is 1. The molecule has 0 aromatic carbocycles. The van der Waals surface area contributed by atoms with Gasteiger partial charge in [-0.25, -0.2) is 13.1 Å². The third-order valence-electron chi connectivity index (χ3n) is 2.91. The second-order valence-electron chi connectivity index (χ2n) is 4.54. The van der Waals surface area contributed by atoms with Gasteiger partial charge in [-0.2, -0.15) is 5.10 Å². The van der Waals surface area contributed by atoms with E-state index < -0.39 is 21.0 Å². The predicted octanol–water partition coefficient (Wildman–Crippen LogP) is 2.02. The summed E-state index contributed by atoms with van der Waals surface area (Å²) in [4.78, 5) is 12.9. The molecule has 0 aliphatic carbocycles. The van der Waals surface area contributed by atoms with Gasteiger partial charge in [0.15, 0.2) is 9.84 Å². The molecule has 21 heavy (non-hydrogen) atoms. The van der Waals surface area contributed by atoms with Gasteiger partial charge in [0.05, 0.1) is 17.1 Å². The van der Waals surface area contributed by atoms with Crippen LogP contribution in [0.15, 0.2) is 24.4 Å². The minimum atomic E-state index is -3.43. The first-order valence-electron chi connectivity index (χ1n) is 6.03. The monoisotopic (exact) mass is 347 g/mol. The van der Waals surface area contributed by atoms with Crippen LogP contribution in [-0.4, -0.2) is 35.6 Å². The third-order valence-corrected chi connectivity index (χ3v) is 5.63. The molecule has 1 amide bonds. The Morgan fingerprint density at radius 2 is 2.19 bits per heavy atom. The Morgan fingerprint density at radius 3 is 2.76 bits per heavy atom. The van der Waals surface area contributed by atoms with Crippen molar-refractivity contribution in [3.63, 3.8) is 0 Å². The molecule has 2 aromatic rings. The average Bonchev–Trinajstić information content (AvgIpc) is 2.98. The van der Waals surface area contributed by atoms with E-state index in [0.717, 1.165) is 11.1 Å². The van der Waals surface area contributed by atoms with Crippen molar-refractivity contribution in [3.05, 3.63) is 33.6 Å². The molecule has 9 heteroatoms. The van der Waals surface area contributed by atoms with Gasteiger partial charge in [-0.05, 0) is 19.1 Å². The van der Waals surface area contributed by atoms with Crippen LogP contribution >= 0.6 is 22.9 Å². The van der Waals surface area contributed by atoms with Crippen molar-refractivity contribution in [3.8, 4) is 0 Å². The number of anilines is 1. The molecule has 0 bridgehead atoms. The molecule has 2 rings (SSSR count). The number of thiophene rings is 1. The van der Waals surface area contributed by atoms with Crippen molar-refractivity contribution in [1.29, 1.82) is 0 Å². The van der Waals surface area contributed by atoms with E-state index in [2.05, 4.69) is 10.4 Å². The van der Waals surface area contributed by atoms with Crippen molar-refractivity contribution in [1.82, 2.24) is 9.78 Å². The van der Waals surface area contributed by atoms with Crippen LogP contribution in [0, 0.1) is 0 Å². The fourth-order valence-electron chi connectivity index (χ4n) is 1.57. The van der Waals surface area contributed by atoms with E-state index in [1.54, 1.807) is 16.8 Å². The van der Waals surface area contributed by atoms with E-state index in [1.165, 1.54) is 24.5 Å². The third kappa shape index (κ3) is 4.05. The maximum Gasteiger partial charge on any atom is 0.243 e. The fourth-order valence-corrected chi connectivity index (χ4v) is 3.09. The zero-order chi connectivity index (χ0) is 15.6. The smallest absolute Gasteiger partial charge is 0.243 e. The average molecular weight is 348 g/mol. The van der Waals surface area contributed by atoms with Crippen molar-refractivity contribution < 1.29 is 13.2 Å². The van der Waals surface area contributed by atoms with Gasteiger partial charge in [0.2, 0.25) is 5.91 Å². The van der Waals surface area contributed by atoms with Crippen molar-refractivity contribution >= 4 is 44.5 Å². The Balaban J connectivity index is 2.12.